The summed E-state index contributed by atoms with van der Waals surface area (Å²) in [6, 6.07) is 13.2. The van der Waals surface area contributed by atoms with Crippen LogP contribution in [0, 0.1) is 5.92 Å². The second kappa shape index (κ2) is 8.22. The number of nitrogens with one attached hydrogen (secondary N) is 1. The summed E-state index contributed by atoms with van der Waals surface area (Å²) in [6.45, 7) is 0. The number of nitrogens with zero attached hydrogens (tertiary/aromatic N) is 3. The fourth-order valence-electron chi connectivity index (χ4n) is 3.37. The zero-order valence-electron chi connectivity index (χ0n) is 15.8. The Morgan fingerprint density at radius 3 is 2.59 bits per heavy atom. The molecule has 2 heterocycles. The van der Waals surface area contributed by atoms with Crippen LogP contribution in [-0.2, 0) is 4.79 Å². The van der Waals surface area contributed by atoms with Crippen LogP contribution in [0.3, 0.4) is 0 Å². The zero-order valence-corrected chi connectivity index (χ0v) is 18.1. The maximum Gasteiger partial charge on any atom is 0.255 e. The van der Waals surface area contributed by atoms with E-state index in [-0.39, 0.29) is 18.0 Å². The molecule has 0 fully saturated rings. The number of thioether (sulfide) groups is 1. The summed E-state index contributed by atoms with van der Waals surface area (Å²) >= 11 is 14.3. The molecule has 2 aliphatic heterocycles. The fourth-order valence-corrected chi connectivity index (χ4v) is 4.43. The Morgan fingerprint density at radius 1 is 1.14 bits per heavy atom. The molecule has 5 nitrogen and oxygen atoms in total. The van der Waals surface area contributed by atoms with Gasteiger partial charge in [-0.1, -0.05) is 41.4 Å². The first-order valence-electron chi connectivity index (χ1n) is 8.94. The van der Waals surface area contributed by atoms with Crippen LogP contribution in [0.25, 0.3) is 5.57 Å². The first kappa shape index (κ1) is 20.0. The van der Waals surface area contributed by atoms with E-state index in [0.717, 1.165) is 10.6 Å². The third-order valence-corrected chi connectivity index (χ3v) is 6.19. The summed E-state index contributed by atoms with van der Waals surface area (Å²) in [5.41, 5.74) is 1.91. The van der Waals surface area contributed by atoms with E-state index in [1.54, 1.807) is 48.1 Å². The lowest BCUT2D eigenvalue weighted by atomic mass is 9.92. The molecule has 1 N–H and O–H groups in total. The van der Waals surface area contributed by atoms with Crippen molar-refractivity contribution in [2.75, 3.05) is 18.6 Å². The number of likely N-dealkylation sites (N-methyl/N-ethyl adjacent to an activating group) is 1. The van der Waals surface area contributed by atoms with Crippen molar-refractivity contribution in [3.8, 4) is 0 Å². The molecule has 0 saturated heterocycles. The van der Waals surface area contributed by atoms with Gasteiger partial charge in [0.2, 0.25) is 5.96 Å². The van der Waals surface area contributed by atoms with Crippen LogP contribution in [0.1, 0.15) is 5.56 Å². The number of benzene rings is 2. The van der Waals surface area contributed by atoms with Crippen molar-refractivity contribution in [2.45, 2.75) is 11.1 Å². The molecule has 2 aromatic carbocycles. The molecule has 0 unspecified atom stereocenters. The largest absolute Gasteiger partial charge is 0.324 e. The Morgan fingerprint density at radius 2 is 1.86 bits per heavy atom. The topological polar surface area (TPSA) is 57.1 Å². The first-order chi connectivity index (χ1) is 14.0. The highest BCUT2D eigenvalue weighted by Gasteiger charge is 2.37. The summed E-state index contributed by atoms with van der Waals surface area (Å²) in [7, 11) is 1.73. The average Bonchev–Trinajstić information content (AvgIpc) is 2.72. The highest BCUT2D eigenvalue weighted by Crippen LogP contribution is 2.37. The summed E-state index contributed by atoms with van der Waals surface area (Å²) in [5.74, 6) is 0.129. The quantitative estimate of drug-likeness (QED) is 0.672. The van der Waals surface area contributed by atoms with Gasteiger partial charge in [0.1, 0.15) is 6.17 Å². The van der Waals surface area contributed by atoms with Crippen LogP contribution in [0.5, 0.6) is 0 Å². The normalized spacial score (nSPS) is 20.8. The van der Waals surface area contributed by atoms with Crippen molar-refractivity contribution in [1.29, 1.82) is 0 Å². The minimum Gasteiger partial charge on any atom is -0.324 e. The second-order valence-corrected chi connectivity index (χ2v) is 8.37. The summed E-state index contributed by atoms with van der Waals surface area (Å²) < 4.78 is 0. The number of carbonyl (C=O) groups excluding carboxylic acids is 1. The number of halogens is 2. The molecule has 8 heteroatoms. The lowest BCUT2D eigenvalue weighted by molar-refractivity contribution is -0.126. The summed E-state index contributed by atoms with van der Waals surface area (Å²) in [6.07, 6.45) is 5.29. The Kier molecular flexibility index (Phi) is 5.67. The molecule has 2 aliphatic rings. The smallest absolute Gasteiger partial charge is 0.255 e. The number of anilines is 1. The molecule has 0 aliphatic carbocycles. The van der Waals surface area contributed by atoms with E-state index in [1.165, 1.54) is 0 Å². The van der Waals surface area contributed by atoms with Crippen LogP contribution >= 0.6 is 35.0 Å². The van der Waals surface area contributed by atoms with Gasteiger partial charge in [0.15, 0.2) is 0 Å². The van der Waals surface area contributed by atoms with E-state index < -0.39 is 0 Å². The number of amides is 1. The summed E-state index contributed by atoms with van der Waals surface area (Å²) in [4.78, 5) is 24.9. The minimum absolute atomic E-state index is 0.164. The maximum absolute atomic E-state index is 13.0. The number of fused-ring (bicyclic) bond motifs is 1. The van der Waals surface area contributed by atoms with Crippen molar-refractivity contribution in [2.24, 2.45) is 15.9 Å². The Hall–Kier alpha value is -2.28. The molecule has 0 radical (unpaired) electrons. The van der Waals surface area contributed by atoms with Gasteiger partial charge in [-0.15, -0.1) is 11.8 Å². The van der Waals surface area contributed by atoms with Gasteiger partial charge in [-0.25, -0.2) is 9.98 Å². The number of hydrogen-bond donors (Lipinski definition) is 1. The monoisotopic (exact) mass is 444 g/mol. The van der Waals surface area contributed by atoms with E-state index in [4.69, 9.17) is 23.2 Å². The van der Waals surface area contributed by atoms with Crippen LogP contribution in [0.2, 0.25) is 10.0 Å². The first-order valence-corrected chi connectivity index (χ1v) is 10.9. The maximum atomic E-state index is 13.0. The SMILES string of the molecule is CSc1cccc(NC2=N[C@H]3[C@H](C=N2)C=C(c2c(Cl)cccc2Cl)C(=O)N3C)c1. The molecule has 1 amide bonds. The van der Waals surface area contributed by atoms with Gasteiger partial charge in [-0.3, -0.25) is 4.79 Å². The number of rotatable bonds is 3. The molecule has 0 saturated carbocycles. The number of guanidine groups is 1. The highest BCUT2D eigenvalue weighted by atomic mass is 35.5. The zero-order chi connectivity index (χ0) is 20.5. The van der Waals surface area contributed by atoms with Gasteiger partial charge in [-0.05, 0) is 36.6 Å². The minimum atomic E-state index is -0.378. The molecule has 0 bridgehead atoms. The van der Waals surface area contributed by atoms with Crippen LogP contribution in [0.4, 0.5) is 5.69 Å². The Labute approximate surface area is 183 Å². The Bertz CT molecular complexity index is 1050. The fraction of sp³-hybridized carbons (Fsp3) is 0.190. The molecular formula is C21H18Cl2N4OS. The predicted molar refractivity (Wildman–Crippen MR) is 122 cm³/mol. The van der Waals surface area contributed by atoms with Crippen molar-refractivity contribution in [3.05, 3.63) is 64.1 Å². The van der Waals surface area contributed by atoms with Gasteiger partial charge >= 0.3 is 0 Å². The lowest BCUT2D eigenvalue weighted by Crippen LogP contribution is -2.47. The van der Waals surface area contributed by atoms with Gasteiger partial charge in [0.25, 0.3) is 5.91 Å². The molecule has 148 valence electrons. The van der Waals surface area contributed by atoms with Crippen molar-refractivity contribution in [1.82, 2.24) is 4.90 Å². The van der Waals surface area contributed by atoms with Crippen molar-refractivity contribution < 1.29 is 4.79 Å². The molecule has 0 spiro atoms. The van der Waals surface area contributed by atoms with Crippen molar-refractivity contribution in [3.63, 3.8) is 0 Å². The van der Waals surface area contributed by atoms with Gasteiger partial charge < -0.3 is 10.2 Å². The Balaban J connectivity index is 1.64. The predicted octanol–water partition coefficient (Wildman–Crippen LogP) is 5.07. The van der Waals surface area contributed by atoms with Crippen LogP contribution in [-0.4, -0.2) is 42.5 Å². The van der Waals surface area contributed by atoms with Gasteiger partial charge in [0, 0.05) is 35.0 Å². The highest BCUT2D eigenvalue weighted by molar-refractivity contribution is 7.98. The molecule has 29 heavy (non-hydrogen) atoms. The number of hydrogen-bond acceptors (Lipinski definition) is 5. The molecule has 2 atom stereocenters. The number of carbonyl (C=O) groups is 1. The third-order valence-electron chi connectivity index (χ3n) is 4.83. The van der Waals surface area contributed by atoms with Crippen molar-refractivity contribution >= 4 is 64.3 Å². The standard InChI is InChI=1S/C21H18Cl2N4OS/c1-27-19-12(9-15(20(27)28)18-16(22)7-4-8-17(18)23)11-24-21(26-19)25-13-5-3-6-14(10-13)29-2/h3-12,19H,1-2H3,(H,25,26)/t12-,19+/m0/s1. The molecule has 4 rings (SSSR count). The van der Waals surface area contributed by atoms with Gasteiger partial charge in [0.05, 0.1) is 16.0 Å². The van der Waals surface area contributed by atoms with E-state index in [0.29, 0.717) is 27.1 Å². The molecular weight excluding hydrogens is 427 g/mol. The van der Waals surface area contributed by atoms with E-state index >= 15 is 0 Å². The average molecular weight is 445 g/mol. The van der Waals surface area contributed by atoms with Crippen LogP contribution in [0.15, 0.2) is 63.4 Å². The van der Waals surface area contributed by atoms with E-state index in [9.17, 15) is 4.79 Å². The number of aliphatic imine (C=N–C) groups is 2. The molecule has 2 aromatic rings. The third kappa shape index (κ3) is 3.92. The second-order valence-electron chi connectivity index (χ2n) is 6.67. The van der Waals surface area contributed by atoms with Gasteiger partial charge in [-0.2, -0.15) is 0 Å². The van der Waals surface area contributed by atoms with Crippen LogP contribution < -0.4 is 5.32 Å². The summed E-state index contributed by atoms with van der Waals surface area (Å²) in [5, 5.41) is 4.10. The lowest BCUT2D eigenvalue weighted by Gasteiger charge is -2.36. The van der Waals surface area contributed by atoms with E-state index in [2.05, 4.69) is 15.3 Å². The van der Waals surface area contributed by atoms with E-state index in [1.807, 2.05) is 36.6 Å². The molecule has 0 aromatic heterocycles.